The molecule has 0 unspecified atom stereocenters. The zero-order valence-corrected chi connectivity index (χ0v) is 9.98. The Morgan fingerprint density at radius 1 is 1.73 bits per heavy atom. The Morgan fingerprint density at radius 2 is 2.53 bits per heavy atom. The summed E-state index contributed by atoms with van der Waals surface area (Å²) in [6, 6.07) is 0.360. The van der Waals surface area contributed by atoms with Crippen molar-refractivity contribution in [1.29, 1.82) is 0 Å². The Balaban J connectivity index is 0.00000112. The summed E-state index contributed by atoms with van der Waals surface area (Å²) >= 11 is 1.21. The second-order valence-electron chi connectivity index (χ2n) is 3.40. The van der Waals surface area contributed by atoms with Crippen molar-refractivity contribution in [1.82, 2.24) is 19.8 Å². The molecule has 1 atom stereocenters. The van der Waals surface area contributed by atoms with Crippen molar-refractivity contribution in [3.05, 3.63) is 11.1 Å². The summed E-state index contributed by atoms with van der Waals surface area (Å²) in [5.41, 5.74) is 0.462. The standard InChI is InChI=1S/C8H12N4OS.ClH/c1-6-4-12(3-2-9-6)8(13)7-5-14-11-10-7;/h5-6,9H,2-4H2,1H3;1H/t6-;/m1./s1. The zero-order valence-electron chi connectivity index (χ0n) is 8.34. The molecule has 1 N–H and O–H groups in total. The SMILES string of the molecule is C[C@@H]1CN(C(=O)c2csnn2)CCN1.Cl. The van der Waals surface area contributed by atoms with Gasteiger partial charge in [-0.1, -0.05) is 4.49 Å². The van der Waals surface area contributed by atoms with Crippen LogP contribution in [-0.2, 0) is 0 Å². The molecule has 15 heavy (non-hydrogen) atoms. The van der Waals surface area contributed by atoms with Gasteiger partial charge in [-0.05, 0) is 18.5 Å². The highest BCUT2D eigenvalue weighted by molar-refractivity contribution is 7.03. The molecular weight excluding hydrogens is 236 g/mol. The smallest absolute Gasteiger partial charge is 0.275 e. The molecule has 0 aliphatic carbocycles. The molecule has 0 radical (unpaired) electrons. The third-order valence-corrected chi connectivity index (χ3v) is 2.74. The normalized spacial score (nSPS) is 20.9. The fraction of sp³-hybridized carbons (Fsp3) is 0.625. The van der Waals surface area contributed by atoms with Crippen molar-refractivity contribution in [3.63, 3.8) is 0 Å². The lowest BCUT2D eigenvalue weighted by atomic mass is 10.2. The maximum Gasteiger partial charge on any atom is 0.275 e. The van der Waals surface area contributed by atoms with Gasteiger partial charge in [0.1, 0.15) is 0 Å². The van der Waals surface area contributed by atoms with Crippen molar-refractivity contribution in [2.24, 2.45) is 0 Å². The molecule has 2 heterocycles. The summed E-state index contributed by atoms with van der Waals surface area (Å²) in [5, 5.41) is 8.75. The number of nitrogens with one attached hydrogen (secondary N) is 1. The van der Waals surface area contributed by atoms with E-state index >= 15 is 0 Å². The van der Waals surface area contributed by atoms with Gasteiger partial charge in [-0.3, -0.25) is 4.79 Å². The summed E-state index contributed by atoms with van der Waals surface area (Å²) in [6.45, 7) is 4.42. The van der Waals surface area contributed by atoms with Gasteiger partial charge in [0.25, 0.3) is 5.91 Å². The van der Waals surface area contributed by atoms with Crippen molar-refractivity contribution in [3.8, 4) is 0 Å². The predicted octanol–water partition coefficient (Wildman–Crippen LogP) is 0.394. The van der Waals surface area contributed by atoms with Gasteiger partial charge in [-0.15, -0.1) is 17.5 Å². The van der Waals surface area contributed by atoms with E-state index in [2.05, 4.69) is 21.8 Å². The summed E-state index contributed by atoms with van der Waals surface area (Å²) in [5.74, 6) is -0.00731. The van der Waals surface area contributed by atoms with Crippen LogP contribution < -0.4 is 5.32 Å². The molecule has 0 aromatic carbocycles. The van der Waals surface area contributed by atoms with E-state index in [-0.39, 0.29) is 18.3 Å². The summed E-state index contributed by atoms with van der Waals surface area (Å²) in [7, 11) is 0. The van der Waals surface area contributed by atoms with Crippen LogP contribution in [0.15, 0.2) is 5.38 Å². The lowest BCUT2D eigenvalue weighted by Gasteiger charge is -2.31. The number of hydrogen-bond acceptors (Lipinski definition) is 5. The topological polar surface area (TPSA) is 58.1 Å². The Hall–Kier alpha value is -0.720. The number of amides is 1. The maximum absolute atomic E-state index is 11.8. The minimum Gasteiger partial charge on any atom is -0.334 e. The number of nitrogens with zero attached hydrogens (tertiary/aromatic N) is 3. The quantitative estimate of drug-likeness (QED) is 0.782. The third kappa shape index (κ3) is 2.87. The molecule has 1 amide bonds. The van der Waals surface area contributed by atoms with Crippen LogP contribution in [0.5, 0.6) is 0 Å². The lowest BCUT2D eigenvalue weighted by Crippen LogP contribution is -2.51. The molecule has 1 fully saturated rings. The Labute approximate surface area is 98.4 Å². The minimum absolute atomic E-state index is 0. The number of rotatable bonds is 1. The van der Waals surface area contributed by atoms with E-state index in [4.69, 9.17) is 0 Å². The van der Waals surface area contributed by atoms with E-state index in [1.165, 1.54) is 11.5 Å². The molecule has 7 heteroatoms. The van der Waals surface area contributed by atoms with Gasteiger partial charge >= 0.3 is 0 Å². The number of aromatic nitrogens is 2. The number of halogens is 1. The van der Waals surface area contributed by atoms with E-state index in [0.717, 1.165) is 19.6 Å². The summed E-state index contributed by atoms with van der Waals surface area (Å²) in [6.07, 6.45) is 0. The molecule has 1 aliphatic rings. The van der Waals surface area contributed by atoms with Crippen molar-refractivity contribution >= 4 is 29.8 Å². The second-order valence-corrected chi connectivity index (χ2v) is 4.01. The largest absolute Gasteiger partial charge is 0.334 e. The first-order valence-electron chi connectivity index (χ1n) is 4.57. The van der Waals surface area contributed by atoms with E-state index in [1.54, 1.807) is 5.38 Å². The van der Waals surface area contributed by atoms with Crippen LogP contribution in [0.4, 0.5) is 0 Å². The summed E-state index contributed by atoms with van der Waals surface area (Å²) < 4.78 is 3.69. The average molecular weight is 249 g/mol. The van der Waals surface area contributed by atoms with E-state index in [0.29, 0.717) is 11.7 Å². The molecular formula is C8H13ClN4OS. The van der Waals surface area contributed by atoms with E-state index in [1.807, 2.05) is 4.90 Å². The molecule has 0 spiro atoms. The average Bonchev–Trinajstić information content (AvgIpc) is 2.69. The van der Waals surface area contributed by atoms with Gasteiger partial charge in [0.15, 0.2) is 5.69 Å². The number of piperazine rings is 1. The van der Waals surface area contributed by atoms with Crippen molar-refractivity contribution < 1.29 is 4.79 Å². The highest BCUT2D eigenvalue weighted by atomic mass is 35.5. The van der Waals surface area contributed by atoms with Crippen LogP contribution in [0.2, 0.25) is 0 Å². The Bertz CT molecular complexity index is 318. The first kappa shape index (κ1) is 12.4. The Kier molecular flexibility index (Phi) is 4.44. The molecule has 0 saturated carbocycles. The van der Waals surface area contributed by atoms with Gasteiger partial charge in [0.05, 0.1) is 0 Å². The molecule has 84 valence electrons. The monoisotopic (exact) mass is 248 g/mol. The van der Waals surface area contributed by atoms with Crippen LogP contribution in [0, 0.1) is 0 Å². The lowest BCUT2D eigenvalue weighted by molar-refractivity contribution is 0.0703. The molecule has 1 aromatic rings. The highest BCUT2D eigenvalue weighted by Crippen LogP contribution is 2.06. The fourth-order valence-electron chi connectivity index (χ4n) is 1.54. The first-order chi connectivity index (χ1) is 6.77. The van der Waals surface area contributed by atoms with Crippen LogP contribution in [-0.4, -0.2) is 46.1 Å². The molecule has 1 aromatic heterocycles. The van der Waals surface area contributed by atoms with Gasteiger partial charge in [-0.2, -0.15) is 0 Å². The molecule has 0 bridgehead atoms. The minimum atomic E-state index is -0.00731. The number of carbonyl (C=O) groups excluding carboxylic acids is 1. The van der Waals surface area contributed by atoms with E-state index < -0.39 is 0 Å². The first-order valence-corrected chi connectivity index (χ1v) is 5.41. The second kappa shape index (κ2) is 5.39. The van der Waals surface area contributed by atoms with Gasteiger partial charge in [0, 0.05) is 31.1 Å². The predicted molar refractivity (Wildman–Crippen MR) is 60.5 cm³/mol. The molecule has 5 nitrogen and oxygen atoms in total. The molecule has 1 aliphatic heterocycles. The van der Waals surface area contributed by atoms with Crippen LogP contribution in [0.3, 0.4) is 0 Å². The maximum atomic E-state index is 11.8. The van der Waals surface area contributed by atoms with Gasteiger partial charge in [0.2, 0.25) is 0 Å². The van der Waals surface area contributed by atoms with Crippen LogP contribution in [0.1, 0.15) is 17.4 Å². The highest BCUT2D eigenvalue weighted by Gasteiger charge is 2.22. The fourth-order valence-corrected chi connectivity index (χ4v) is 1.97. The summed E-state index contributed by atoms with van der Waals surface area (Å²) in [4.78, 5) is 13.6. The third-order valence-electron chi connectivity index (χ3n) is 2.24. The molecule has 1 saturated heterocycles. The van der Waals surface area contributed by atoms with Gasteiger partial charge < -0.3 is 10.2 Å². The molecule has 2 rings (SSSR count). The van der Waals surface area contributed by atoms with Crippen molar-refractivity contribution in [2.75, 3.05) is 19.6 Å². The van der Waals surface area contributed by atoms with Crippen molar-refractivity contribution in [2.45, 2.75) is 13.0 Å². The van der Waals surface area contributed by atoms with Gasteiger partial charge in [-0.25, -0.2) is 0 Å². The van der Waals surface area contributed by atoms with Crippen LogP contribution >= 0.6 is 23.9 Å². The number of carbonyl (C=O) groups is 1. The van der Waals surface area contributed by atoms with E-state index in [9.17, 15) is 4.79 Å². The van der Waals surface area contributed by atoms with Crippen LogP contribution in [0.25, 0.3) is 0 Å². The number of hydrogen-bond donors (Lipinski definition) is 1. The Morgan fingerprint density at radius 3 is 3.13 bits per heavy atom. The zero-order chi connectivity index (χ0) is 9.97.